The summed E-state index contributed by atoms with van der Waals surface area (Å²) in [5.41, 5.74) is 3.61. The summed E-state index contributed by atoms with van der Waals surface area (Å²) in [4.78, 5) is 10.4. The summed E-state index contributed by atoms with van der Waals surface area (Å²) in [5.74, 6) is 0. The Kier molecular flexibility index (Phi) is 4.15. The zero-order chi connectivity index (χ0) is 17.1. The van der Waals surface area contributed by atoms with Gasteiger partial charge < -0.3 is 0 Å². The largest absolute Gasteiger partial charge is 0.271 e. The van der Waals surface area contributed by atoms with E-state index in [1.165, 1.54) is 12.1 Å². The van der Waals surface area contributed by atoms with Crippen molar-refractivity contribution >= 4 is 17.1 Å². The molecular formula is C17H15N5O2. The molecule has 7 nitrogen and oxygen atoms in total. The van der Waals surface area contributed by atoms with Gasteiger partial charge in [-0.1, -0.05) is 24.3 Å². The van der Waals surface area contributed by atoms with Crippen LogP contribution in [0, 0.1) is 24.0 Å². The number of non-ortho nitro benzene ring substituents is 1. The Balaban J connectivity index is 1.95. The highest BCUT2D eigenvalue weighted by molar-refractivity contribution is 5.51. The fourth-order valence-electron chi connectivity index (χ4n) is 2.38. The molecule has 120 valence electrons. The summed E-state index contributed by atoms with van der Waals surface area (Å²) in [6.07, 6.45) is 0. The molecule has 0 bridgehead atoms. The van der Waals surface area contributed by atoms with Crippen molar-refractivity contribution in [3.8, 4) is 5.69 Å². The molecule has 0 radical (unpaired) electrons. The Bertz CT molecular complexity index is 916. The molecule has 0 aliphatic rings. The van der Waals surface area contributed by atoms with Crippen LogP contribution in [0.5, 0.6) is 0 Å². The van der Waals surface area contributed by atoms with Crippen LogP contribution in [0.3, 0.4) is 0 Å². The van der Waals surface area contributed by atoms with Gasteiger partial charge in [0.05, 0.1) is 27.7 Å². The standard InChI is InChI=1S/C17H15N5O2/c1-12-17(13(2)21(20-12)15-8-4-3-5-9-15)19-18-14-7-6-10-16(11-14)22(23)24/h3-11H,1-2H3. The highest BCUT2D eigenvalue weighted by Crippen LogP contribution is 2.28. The van der Waals surface area contributed by atoms with Crippen molar-refractivity contribution in [2.75, 3.05) is 0 Å². The van der Waals surface area contributed by atoms with E-state index in [-0.39, 0.29) is 5.69 Å². The molecule has 2 aromatic carbocycles. The number of hydrogen-bond acceptors (Lipinski definition) is 5. The minimum absolute atomic E-state index is 0.0140. The van der Waals surface area contributed by atoms with E-state index in [9.17, 15) is 10.1 Å². The molecule has 0 N–H and O–H groups in total. The number of azo groups is 1. The molecular weight excluding hydrogens is 306 g/mol. The van der Waals surface area contributed by atoms with Crippen molar-refractivity contribution in [3.63, 3.8) is 0 Å². The molecule has 0 amide bonds. The summed E-state index contributed by atoms with van der Waals surface area (Å²) in [6.45, 7) is 3.77. The molecule has 0 atom stereocenters. The summed E-state index contributed by atoms with van der Waals surface area (Å²) in [5, 5.41) is 23.7. The van der Waals surface area contributed by atoms with E-state index in [0.717, 1.165) is 17.1 Å². The lowest BCUT2D eigenvalue weighted by molar-refractivity contribution is -0.384. The van der Waals surface area contributed by atoms with E-state index in [1.807, 2.05) is 44.2 Å². The fraction of sp³-hybridized carbons (Fsp3) is 0.118. The van der Waals surface area contributed by atoms with Crippen LogP contribution >= 0.6 is 0 Å². The third kappa shape index (κ3) is 3.05. The zero-order valence-electron chi connectivity index (χ0n) is 13.2. The smallest absolute Gasteiger partial charge is 0.258 e. The molecule has 0 saturated carbocycles. The third-order valence-corrected chi connectivity index (χ3v) is 3.56. The number of hydrogen-bond donors (Lipinski definition) is 0. The van der Waals surface area contributed by atoms with E-state index in [0.29, 0.717) is 11.4 Å². The number of nitro benzene ring substituents is 1. The minimum Gasteiger partial charge on any atom is -0.258 e. The average molecular weight is 321 g/mol. The van der Waals surface area contributed by atoms with E-state index in [1.54, 1.807) is 16.8 Å². The van der Waals surface area contributed by atoms with Crippen LogP contribution in [0.1, 0.15) is 11.4 Å². The highest BCUT2D eigenvalue weighted by atomic mass is 16.6. The number of nitro groups is 1. The molecule has 3 aromatic rings. The molecule has 1 heterocycles. The van der Waals surface area contributed by atoms with Gasteiger partial charge in [-0.3, -0.25) is 10.1 Å². The number of nitrogens with zero attached hydrogens (tertiary/aromatic N) is 5. The van der Waals surface area contributed by atoms with Crippen LogP contribution < -0.4 is 0 Å². The van der Waals surface area contributed by atoms with Crippen LogP contribution in [-0.4, -0.2) is 14.7 Å². The van der Waals surface area contributed by atoms with Gasteiger partial charge in [0.25, 0.3) is 5.69 Å². The monoisotopic (exact) mass is 321 g/mol. The lowest BCUT2D eigenvalue weighted by Gasteiger charge is -2.03. The normalized spacial score (nSPS) is 11.1. The van der Waals surface area contributed by atoms with Gasteiger partial charge in [0, 0.05) is 12.1 Å². The Morgan fingerprint density at radius 1 is 1.04 bits per heavy atom. The summed E-state index contributed by atoms with van der Waals surface area (Å²) in [7, 11) is 0. The Hall–Kier alpha value is -3.35. The predicted octanol–water partition coefficient (Wildman–Crippen LogP) is 4.81. The molecule has 7 heteroatoms. The molecule has 3 rings (SSSR count). The molecule has 0 aliphatic carbocycles. The number of para-hydroxylation sites is 1. The maximum Gasteiger partial charge on any atom is 0.271 e. The minimum atomic E-state index is -0.455. The highest BCUT2D eigenvalue weighted by Gasteiger charge is 2.12. The first kappa shape index (κ1) is 15.5. The predicted molar refractivity (Wildman–Crippen MR) is 90.3 cm³/mol. The first-order valence-corrected chi connectivity index (χ1v) is 7.34. The van der Waals surface area contributed by atoms with Gasteiger partial charge in [0.2, 0.25) is 0 Å². The van der Waals surface area contributed by atoms with E-state index < -0.39 is 4.92 Å². The topological polar surface area (TPSA) is 85.7 Å². The lowest BCUT2D eigenvalue weighted by Crippen LogP contribution is -1.98. The third-order valence-electron chi connectivity index (χ3n) is 3.56. The van der Waals surface area contributed by atoms with Gasteiger partial charge in [-0.2, -0.15) is 10.2 Å². The number of rotatable bonds is 4. The summed E-state index contributed by atoms with van der Waals surface area (Å²) in [6, 6.07) is 15.8. The van der Waals surface area contributed by atoms with Crippen molar-refractivity contribution in [3.05, 3.63) is 76.1 Å². The van der Waals surface area contributed by atoms with Gasteiger partial charge in [0.1, 0.15) is 5.69 Å². The summed E-state index contributed by atoms with van der Waals surface area (Å²) >= 11 is 0. The second-order valence-electron chi connectivity index (χ2n) is 5.24. The fourth-order valence-corrected chi connectivity index (χ4v) is 2.38. The molecule has 0 saturated heterocycles. The SMILES string of the molecule is Cc1nn(-c2ccccc2)c(C)c1N=Nc1cccc([N+](=O)[O-])c1. The van der Waals surface area contributed by atoms with Crippen molar-refractivity contribution in [1.82, 2.24) is 9.78 Å². The Morgan fingerprint density at radius 2 is 1.79 bits per heavy atom. The van der Waals surface area contributed by atoms with Crippen LogP contribution in [0.4, 0.5) is 17.1 Å². The quantitative estimate of drug-likeness (QED) is 0.392. The van der Waals surface area contributed by atoms with Crippen molar-refractivity contribution in [1.29, 1.82) is 0 Å². The van der Waals surface area contributed by atoms with Gasteiger partial charge in [0.15, 0.2) is 0 Å². The lowest BCUT2D eigenvalue weighted by atomic mass is 10.3. The summed E-state index contributed by atoms with van der Waals surface area (Å²) < 4.78 is 1.80. The van der Waals surface area contributed by atoms with Crippen molar-refractivity contribution in [2.45, 2.75) is 13.8 Å². The maximum atomic E-state index is 10.8. The molecule has 24 heavy (non-hydrogen) atoms. The van der Waals surface area contributed by atoms with Gasteiger partial charge in [-0.05, 0) is 32.0 Å². The van der Waals surface area contributed by atoms with Crippen LogP contribution in [0.15, 0.2) is 64.8 Å². The average Bonchev–Trinajstić information content (AvgIpc) is 2.88. The van der Waals surface area contributed by atoms with Gasteiger partial charge >= 0.3 is 0 Å². The molecule has 0 unspecified atom stereocenters. The van der Waals surface area contributed by atoms with E-state index in [4.69, 9.17) is 0 Å². The first-order valence-electron chi connectivity index (χ1n) is 7.34. The molecule has 0 aliphatic heterocycles. The van der Waals surface area contributed by atoms with Crippen molar-refractivity contribution in [2.24, 2.45) is 10.2 Å². The molecule has 0 fully saturated rings. The maximum absolute atomic E-state index is 10.8. The second-order valence-corrected chi connectivity index (χ2v) is 5.24. The first-order chi connectivity index (χ1) is 11.6. The van der Waals surface area contributed by atoms with E-state index in [2.05, 4.69) is 15.3 Å². The van der Waals surface area contributed by atoms with Crippen LogP contribution in [0.2, 0.25) is 0 Å². The zero-order valence-corrected chi connectivity index (χ0v) is 13.2. The number of aromatic nitrogens is 2. The van der Waals surface area contributed by atoms with Gasteiger partial charge in [-0.25, -0.2) is 4.68 Å². The number of aryl methyl sites for hydroxylation is 1. The second kappa shape index (κ2) is 6.41. The Morgan fingerprint density at radius 3 is 2.50 bits per heavy atom. The number of benzene rings is 2. The Labute approximate surface area is 138 Å². The van der Waals surface area contributed by atoms with Gasteiger partial charge in [-0.15, -0.1) is 5.11 Å². The molecule has 1 aromatic heterocycles. The van der Waals surface area contributed by atoms with Crippen LogP contribution in [0.25, 0.3) is 5.69 Å². The van der Waals surface area contributed by atoms with Crippen LogP contribution in [-0.2, 0) is 0 Å². The van der Waals surface area contributed by atoms with Crippen molar-refractivity contribution < 1.29 is 4.92 Å². The molecule has 0 spiro atoms. The van der Waals surface area contributed by atoms with E-state index >= 15 is 0 Å².